The van der Waals surface area contributed by atoms with Crippen molar-refractivity contribution in [2.75, 3.05) is 13.1 Å². The number of nitrogens with zero attached hydrogens (tertiary/aromatic N) is 1. The van der Waals surface area contributed by atoms with Crippen molar-refractivity contribution in [1.29, 1.82) is 0 Å². The fraction of sp³-hybridized carbons (Fsp3) is 1.00. The van der Waals surface area contributed by atoms with Crippen LogP contribution in [0.25, 0.3) is 0 Å². The Morgan fingerprint density at radius 1 is 1.31 bits per heavy atom. The lowest BCUT2D eigenvalue weighted by atomic mass is 9.62. The molecule has 1 aliphatic carbocycles. The van der Waals surface area contributed by atoms with Gasteiger partial charge < -0.3 is 5.73 Å². The highest BCUT2D eigenvalue weighted by molar-refractivity contribution is 5.05. The molecular weight excluding hydrogens is 196 g/mol. The van der Waals surface area contributed by atoms with Crippen LogP contribution in [0.5, 0.6) is 0 Å². The number of rotatable bonds is 3. The maximum Gasteiger partial charge on any atom is 0.0340 e. The van der Waals surface area contributed by atoms with Crippen molar-refractivity contribution >= 4 is 0 Å². The molecule has 2 heteroatoms. The van der Waals surface area contributed by atoms with E-state index in [1.54, 1.807) is 0 Å². The Morgan fingerprint density at radius 3 is 2.50 bits per heavy atom. The highest BCUT2D eigenvalue weighted by Gasteiger charge is 2.49. The van der Waals surface area contributed by atoms with Crippen LogP contribution in [0.2, 0.25) is 0 Å². The average Bonchev–Trinajstić information content (AvgIpc) is 2.19. The van der Waals surface area contributed by atoms with Crippen molar-refractivity contribution in [2.45, 2.75) is 64.5 Å². The molecule has 2 rings (SSSR count). The molecule has 94 valence electrons. The maximum atomic E-state index is 6.08. The summed E-state index contributed by atoms with van der Waals surface area (Å²) in [5, 5.41) is 0. The van der Waals surface area contributed by atoms with Crippen molar-refractivity contribution in [3.8, 4) is 0 Å². The molecule has 2 nitrogen and oxygen atoms in total. The fourth-order valence-electron chi connectivity index (χ4n) is 3.71. The van der Waals surface area contributed by atoms with Gasteiger partial charge in [0.2, 0.25) is 0 Å². The fourth-order valence-corrected chi connectivity index (χ4v) is 3.71. The summed E-state index contributed by atoms with van der Waals surface area (Å²) in [6, 6.07) is 0.755. The lowest BCUT2D eigenvalue weighted by Gasteiger charge is -2.58. The predicted octanol–water partition coefficient (Wildman–Crippen LogP) is 2.62. The molecule has 1 aliphatic heterocycles. The summed E-state index contributed by atoms with van der Waals surface area (Å²) in [5.41, 5.74) is 6.45. The van der Waals surface area contributed by atoms with Gasteiger partial charge in [0.25, 0.3) is 0 Å². The highest BCUT2D eigenvalue weighted by Crippen LogP contribution is 2.47. The summed E-state index contributed by atoms with van der Waals surface area (Å²) >= 11 is 0. The molecule has 1 saturated carbocycles. The van der Waals surface area contributed by atoms with Gasteiger partial charge in [-0.05, 0) is 51.0 Å². The first-order valence-corrected chi connectivity index (χ1v) is 7.06. The zero-order chi connectivity index (χ0) is 11.8. The van der Waals surface area contributed by atoms with Crippen LogP contribution >= 0.6 is 0 Å². The van der Waals surface area contributed by atoms with E-state index in [2.05, 4.69) is 25.7 Å². The SMILES string of the molecule is CC(C)C1CC(CN)(N2CCCCC2C)C1. The van der Waals surface area contributed by atoms with Crippen LogP contribution in [-0.4, -0.2) is 29.6 Å². The van der Waals surface area contributed by atoms with Crippen LogP contribution in [0, 0.1) is 11.8 Å². The smallest absolute Gasteiger partial charge is 0.0340 e. The number of hydrogen-bond donors (Lipinski definition) is 1. The topological polar surface area (TPSA) is 29.3 Å². The third kappa shape index (κ3) is 2.02. The summed E-state index contributed by atoms with van der Waals surface area (Å²) in [4.78, 5) is 2.73. The van der Waals surface area contributed by atoms with E-state index in [0.29, 0.717) is 5.54 Å². The summed E-state index contributed by atoms with van der Waals surface area (Å²) in [5.74, 6) is 1.75. The van der Waals surface area contributed by atoms with Gasteiger partial charge in [-0.3, -0.25) is 4.90 Å². The Balaban J connectivity index is 2.00. The van der Waals surface area contributed by atoms with Crippen LogP contribution in [0.4, 0.5) is 0 Å². The molecule has 2 aliphatic rings. The maximum absolute atomic E-state index is 6.08. The molecule has 1 heterocycles. The standard InChI is InChI=1S/C14H28N2/c1-11(2)13-8-14(9-13,10-15)16-7-5-4-6-12(16)3/h11-13H,4-10,15H2,1-3H3. The normalized spacial score (nSPS) is 41.1. The molecule has 0 bridgehead atoms. The van der Waals surface area contributed by atoms with Crippen molar-refractivity contribution in [1.82, 2.24) is 4.90 Å². The first kappa shape index (κ1) is 12.4. The first-order valence-electron chi connectivity index (χ1n) is 7.06. The van der Waals surface area contributed by atoms with Gasteiger partial charge in [-0.2, -0.15) is 0 Å². The predicted molar refractivity (Wildman–Crippen MR) is 69.4 cm³/mol. The van der Waals surface area contributed by atoms with Gasteiger partial charge in [-0.1, -0.05) is 20.3 Å². The zero-order valence-corrected chi connectivity index (χ0v) is 11.2. The molecule has 2 N–H and O–H groups in total. The number of hydrogen-bond acceptors (Lipinski definition) is 2. The summed E-state index contributed by atoms with van der Waals surface area (Å²) in [6.07, 6.45) is 6.83. The molecule has 0 radical (unpaired) electrons. The van der Waals surface area contributed by atoms with Crippen LogP contribution in [-0.2, 0) is 0 Å². The Morgan fingerprint density at radius 2 is 2.00 bits per heavy atom. The Hall–Kier alpha value is -0.0800. The van der Waals surface area contributed by atoms with E-state index in [1.807, 2.05) is 0 Å². The lowest BCUT2D eigenvalue weighted by molar-refractivity contribution is -0.0678. The van der Waals surface area contributed by atoms with E-state index in [4.69, 9.17) is 5.73 Å². The summed E-state index contributed by atoms with van der Waals surface area (Å²) in [6.45, 7) is 9.23. The van der Waals surface area contributed by atoms with Gasteiger partial charge in [-0.25, -0.2) is 0 Å². The van der Waals surface area contributed by atoms with E-state index in [9.17, 15) is 0 Å². The van der Waals surface area contributed by atoms with Gasteiger partial charge >= 0.3 is 0 Å². The van der Waals surface area contributed by atoms with Gasteiger partial charge in [-0.15, -0.1) is 0 Å². The van der Waals surface area contributed by atoms with Crippen molar-refractivity contribution in [2.24, 2.45) is 17.6 Å². The molecule has 0 spiro atoms. The summed E-state index contributed by atoms with van der Waals surface area (Å²) < 4.78 is 0. The molecule has 0 aromatic carbocycles. The molecule has 1 atom stereocenters. The highest BCUT2D eigenvalue weighted by atomic mass is 15.2. The summed E-state index contributed by atoms with van der Waals surface area (Å²) in [7, 11) is 0. The third-order valence-electron chi connectivity index (χ3n) is 5.02. The lowest BCUT2D eigenvalue weighted by Crippen LogP contribution is -2.65. The van der Waals surface area contributed by atoms with Gasteiger partial charge in [0.05, 0.1) is 0 Å². The largest absolute Gasteiger partial charge is 0.329 e. The van der Waals surface area contributed by atoms with E-state index in [0.717, 1.165) is 24.4 Å². The van der Waals surface area contributed by atoms with Crippen molar-refractivity contribution in [3.05, 3.63) is 0 Å². The van der Waals surface area contributed by atoms with Gasteiger partial charge in [0, 0.05) is 18.1 Å². The molecule has 0 aromatic rings. The monoisotopic (exact) mass is 224 g/mol. The van der Waals surface area contributed by atoms with Crippen LogP contribution in [0.3, 0.4) is 0 Å². The minimum atomic E-state index is 0.370. The third-order valence-corrected chi connectivity index (χ3v) is 5.02. The second-order valence-electron chi connectivity index (χ2n) is 6.38. The number of nitrogens with two attached hydrogens (primary N) is 1. The molecule has 1 unspecified atom stereocenters. The molecular formula is C14H28N2. The minimum absolute atomic E-state index is 0.370. The molecule has 1 saturated heterocycles. The quantitative estimate of drug-likeness (QED) is 0.798. The van der Waals surface area contributed by atoms with Crippen molar-refractivity contribution < 1.29 is 0 Å². The van der Waals surface area contributed by atoms with Crippen LogP contribution in [0.1, 0.15) is 52.9 Å². The second-order valence-corrected chi connectivity index (χ2v) is 6.38. The van der Waals surface area contributed by atoms with E-state index >= 15 is 0 Å². The van der Waals surface area contributed by atoms with Crippen LogP contribution in [0.15, 0.2) is 0 Å². The Labute approximate surface area is 101 Å². The Bertz CT molecular complexity index is 231. The zero-order valence-electron chi connectivity index (χ0n) is 11.2. The molecule has 16 heavy (non-hydrogen) atoms. The van der Waals surface area contributed by atoms with Crippen LogP contribution < -0.4 is 5.73 Å². The average molecular weight is 224 g/mol. The van der Waals surface area contributed by atoms with E-state index in [1.165, 1.54) is 38.6 Å². The Kier molecular flexibility index (Phi) is 3.60. The van der Waals surface area contributed by atoms with E-state index < -0.39 is 0 Å². The van der Waals surface area contributed by atoms with Gasteiger partial charge in [0.15, 0.2) is 0 Å². The minimum Gasteiger partial charge on any atom is -0.329 e. The van der Waals surface area contributed by atoms with Crippen molar-refractivity contribution in [3.63, 3.8) is 0 Å². The number of piperidine rings is 1. The molecule has 2 fully saturated rings. The van der Waals surface area contributed by atoms with E-state index in [-0.39, 0.29) is 0 Å². The molecule has 0 aromatic heterocycles. The first-order chi connectivity index (χ1) is 7.59. The number of likely N-dealkylation sites (tertiary alicyclic amines) is 1. The second kappa shape index (κ2) is 4.66. The molecule has 0 amide bonds. The van der Waals surface area contributed by atoms with Gasteiger partial charge in [0.1, 0.15) is 0 Å².